The number of nitrogens with zero attached hydrogens (tertiary/aromatic N) is 2. The van der Waals surface area contributed by atoms with Crippen molar-refractivity contribution in [3.63, 3.8) is 0 Å². The van der Waals surface area contributed by atoms with Crippen LogP contribution in [0.4, 0.5) is 0 Å². The predicted molar refractivity (Wildman–Crippen MR) is 50.8 cm³/mol. The van der Waals surface area contributed by atoms with Gasteiger partial charge in [0.2, 0.25) is 0 Å². The van der Waals surface area contributed by atoms with Crippen LogP contribution in [0.5, 0.6) is 0 Å². The Bertz CT molecular complexity index is 326. The Balaban J connectivity index is 2.26. The van der Waals surface area contributed by atoms with Gasteiger partial charge >= 0.3 is 0 Å². The monoisotopic (exact) mass is 178 g/mol. The number of nitrogens with one attached hydrogen (secondary N) is 1. The zero-order valence-corrected chi connectivity index (χ0v) is 7.58. The van der Waals surface area contributed by atoms with E-state index in [0.29, 0.717) is 6.54 Å². The van der Waals surface area contributed by atoms with E-state index >= 15 is 0 Å². The normalized spacial score (nSPS) is 15.4. The molecule has 0 atom stereocenters. The fraction of sp³-hybridized carbons (Fsp3) is 0.556. The summed E-state index contributed by atoms with van der Waals surface area (Å²) in [5.74, 6) is 0.200. The summed E-state index contributed by atoms with van der Waals surface area (Å²) in [5.41, 5.74) is 7.83. The molecular formula is C9H14N4. The molecule has 0 aliphatic heterocycles. The molecule has 0 bridgehead atoms. The van der Waals surface area contributed by atoms with Crippen LogP contribution in [0.15, 0.2) is 6.33 Å². The molecule has 0 spiro atoms. The van der Waals surface area contributed by atoms with Crippen molar-refractivity contribution >= 4 is 5.84 Å². The lowest BCUT2D eigenvalue weighted by Crippen LogP contribution is -2.19. The van der Waals surface area contributed by atoms with Gasteiger partial charge in [0.15, 0.2) is 0 Å². The lowest BCUT2D eigenvalue weighted by Gasteiger charge is -2.13. The summed E-state index contributed by atoms with van der Waals surface area (Å²) in [5, 5.41) is 7.22. The van der Waals surface area contributed by atoms with Crippen molar-refractivity contribution in [2.45, 2.75) is 32.2 Å². The first kappa shape index (κ1) is 8.29. The van der Waals surface area contributed by atoms with Crippen molar-refractivity contribution in [3.8, 4) is 0 Å². The maximum atomic E-state index is 7.22. The lowest BCUT2D eigenvalue weighted by molar-refractivity contribution is 0.635. The Morgan fingerprint density at radius 2 is 2.31 bits per heavy atom. The minimum absolute atomic E-state index is 0.200. The minimum Gasteiger partial charge on any atom is -0.386 e. The fourth-order valence-electron chi connectivity index (χ4n) is 1.85. The molecule has 0 unspecified atom stereocenters. The van der Waals surface area contributed by atoms with Gasteiger partial charge in [-0.3, -0.25) is 5.41 Å². The van der Waals surface area contributed by atoms with Crippen LogP contribution in [-0.4, -0.2) is 15.4 Å². The van der Waals surface area contributed by atoms with Crippen molar-refractivity contribution in [1.82, 2.24) is 9.55 Å². The Morgan fingerprint density at radius 1 is 1.54 bits per heavy atom. The predicted octanol–water partition coefficient (Wildman–Crippen LogP) is 0.698. The van der Waals surface area contributed by atoms with Crippen molar-refractivity contribution in [2.75, 3.05) is 0 Å². The van der Waals surface area contributed by atoms with E-state index in [9.17, 15) is 0 Å². The zero-order valence-electron chi connectivity index (χ0n) is 7.58. The van der Waals surface area contributed by atoms with Gasteiger partial charge in [-0.15, -0.1) is 0 Å². The highest BCUT2D eigenvalue weighted by Gasteiger charge is 2.14. The molecular weight excluding hydrogens is 164 g/mol. The van der Waals surface area contributed by atoms with Crippen LogP contribution in [-0.2, 0) is 19.4 Å². The number of fused-ring (bicyclic) bond motifs is 1. The number of aryl methyl sites for hydroxylation is 1. The molecule has 1 aromatic heterocycles. The summed E-state index contributed by atoms with van der Waals surface area (Å²) in [6, 6.07) is 0. The number of amidine groups is 1. The van der Waals surface area contributed by atoms with E-state index in [1.807, 2.05) is 4.57 Å². The summed E-state index contributed by atoms with van der Waals surface area (Å²) in [7, 11) is 0. The molecule has 1 aliphatic carbocycles. The lowest BCUT2D eigenvalue weighted by atomic mass is 10.0. The summed E-state index contributed by atoms with van der Waals surface area (Å²) in [4.78, 5) is 4.32. The minimum atomic E-state index is 0.200. The molecule has 0 aromatic carbocycles. The van der Waals surface area contributed by atoms with Gasteiger partial charge < -0.3 is 10.3 Å². The third-order valence-electron chi connectivity index (χ3n) is 2.45. The second-order valence-corrected chi connectivity index (χ2v) is 3.50. The molecule has 4 heteroatoms. The molecule has 1 aliphatic rings. The van der Waals surface area contributed by atoms with Crippen LogP contribution in [0, 0.1) is 5.41 Å². The maximum absolute atomic E-state index is 7.22. The van der Waals surface area contributed by atoms with Crippen LogP contribution in [0.2, 0.25) is 0 Å². The number of hydrogen-bond donors (Lipinski definition) is 2. The standard InChI is InChI=1S/C9H14N4/c10-9(11)5-13-6-12-7-3-1-2-4-8(7)13/h6H,1-5H2,(H3,10,11). The van der Waals surface area contributed by atoms with Crippen molar-refractivity contribution in [1.29, 1.82) is 5.41 Å². The molecule has 3 N–H and O–H groups in total. The summed E-state index contributed by atoms with van der Waals surface area (Å²) < 4.78 is 2.00. The van der Waals surface area contributed by atoms with Crippen molar-refractivity contribution in [3.05, 3.63) is 17.7 Å². The second kappa shape index (κ2) is 3.20. The third-order valence-corrected chi connectivity index (χ3v) is 2.45. The summed E-state index contributed by atoms with van der Waals surface area (Å²) in [6.07, 6.45) is 6.45. The molecule has 0 radical (unpaired) electrons. The van der Waals surface area contributed by atoms with Gasteiger partial charge in [-0.1, -0.05) is 0 Å². The molecule has 0 fully saturated rings. The molecule has 0 saturated heterocycles. The first-order valence-electron chi connectivity index (χ1n) is 4.63. The van der Waals surface area contributed by atoms with Gasteiger partial charge in [0, 0.05) is 5.69 Å². The molecule has 0 amide bonds. The quantitative estimate of drug-likeness (QED) is 0.517. The van der Waals surface area contributed by atoms with Crippen LogP contribution in [0.25, 0.3) is 0 Å². The van der Waals surface area contributed by atoms with Gasteiger partial charge in [-0.25, -0.2) is 4.98 Å². The van der Waals surface area contributed by atoms with Gasteiger partial charge in [-0.2, -0.15) is 0 Å². The Kier molecular flexibility index (Phi) is 2.04. The van der Waals surface area contributed by atoms with E-state index < -0.39 is 0 Å². The largest absolute Gasteiger partial charge is 0.386 e. The van der Waals surface area contributed by atoms with Crippen molar-refractivity contribution < 1.29 is 0 Å². The van der Waals surface area contributed by atoms with Crippen LogP contribution in [0.3, 0.4) is 0 Å². The smallest absolute Gasteiger partial charge is 0.111 e. The van der Waals surface area contributed by atoms with Gasteiger partial charge in [0.25, 0.3) is 0 Å². The molecule has 2 rings (SSSR count). The van der Waals surface area contributed by atoms with Crippen LogP contribution >= 0.6 is 0 Å². The number of aromatic nitrogens is 2. The average molecular weight is 178 g/mol. The van der Waals surface area contributed by atoms with Gasteiger partial charge in [0.1, 0.15) is 5.84 Å². The molecule has 70 valence electrons. The molecule has 0 saturated carbocycles. The Labute approximate surface area is 77.3 Å². The molecule has 1 aromatic rings. The second-order valence-electron chi connectivity index (χ2n) is 3.50. The molecule has 1 heterocycles. The topological polar surface area (TPSA) is 67.7 Å². The van der Waals surface area contributed by atoms with E-state index in [-0.39, 0.29) is 5.84 Å². The third kappa shape index (κ3) is 1.56. The first-order valence-corrected chi connectivity index (χ1v) is 4.63. The maximum Gasteiger partial charge on any atom is 0.111 e. The number of hydrogen-bond acceptors (Lipinski definition) is 2. The number of imidazole rings is 1. The summed E-state index contributed by atoms with van der Waals surface area (Å²) in [6.45, 7) is 0.488. The number of nitrogens with two attached hydrogens (primary N) is 1. The van der Waals surface area contributed by atoms with Gasteiger partial charge in [-0.05, 0) is 25.7 Å². The highest BCUT2D eigenvalue weighted by molar-refractivity contribution is 5.76. The SMILES string of the molecule is N=C(N)Cn1cnc2c1CCCC2. The van der Waals surface area contributed by atoms with E-state index in [1.54, 1.807) is 6.33 Å². The van der Waals surface area contributed by atoms with Crippen LogP contribution < -0.4 is 5.73 Å². The highest BCUT2D eigenvalue weighted by Crippen LogP contribution is 2.19. The Hall–Kier alpha value is -1.32. The molecule has 13 heavy (non-hydrogen) atoms. The highest BCUT2D eigenvalue weighted by atomic mass is 15.1. The Morgan fingerprint density at radius 3 is 3.08 bits per heavy atom. The van der Waals surface area contributed by atoms with Crippen LogP contribution in [0.1, 0.15) is 24.2 Å². The average Bonchev–Trinajstić information content (AvgIpc) is 2.48. The first-order chi connectivity index (χ1) is 6.27. The molecule has 4 nitrogen and oxygen atoms in total. The van der Waals surface area contributed by atoms with E-state index in [0.717, 1.165) is 12.8 Å². The number of rotatable bonds is 2. The summed E-state index contributed by atoms with van der Waals surface area (Å²) >= 11 is 0. The van der Waals surface area contributed by atoms with E-state index in [2.05, 4.69) is 4.98 Å². The fourth-order valence-corrected chi connectivity index (χ4v) is 1.85. The van der Waals surface area contributed by atoms with E-state index in [1.165, 1.54) is 24.2 Å². The van der Waals surface area contributed by atoms with Crippen molar-refractivity contribution in [2.24, 2.45) is 5.73 Å². The zero-order chi connectivity index (χ0) is 9.26. The van der Waals surface area contributed by atoms with E-state index in [4.69, 9.17) is 11.1 Å². The van der Waals surface area contributed by atoms with Gasteiger partial charge in [0.05, 0.1) is 18.6 Å².